The van der Waals surface area contributed by atoms with Crippen molar-refractivity contribution in [2.24, 2.45) is 0 Å². The van der Waals surface area contributed by atoms with E-state index < -0.39 is 0 Å². The summed E-state index contributed by atoms with van der Waals surface area (Å²) in [6, 6.07) is 7.37. The first-order chi connectivity index (χ1) is 4.83. The smallest absolute Gasteiger partial charge is 0.316 e. The van der Waals surface area contributed by atoms with Gasteiger partial charge in [0.15, 0.2) is 0 Å². The number of aromatic hydroxyl groups is 1. The summed E-state index contributed by atoms with van der Waals surface area (Å²) in [6.45, 7) is 2.15. The van der Waals surface area contributed by atoms with Crippen LogP contribution in [0.15, 0.2) is 24.3 Å². The highest BCUT2D eigenvalue weighted by atomic mass is 24.3. The highest BCUT2D eigenvalue weighted by molar-refractivity contribution is 5.75. The standard InChI is InChI=1S/C9H12O.Mg.2H/c1-2-3-8-4-6-9(10)7-5-8;;;/h4-7,10H,2-3H2,1H3;;;. The molecule has 1 aromatic rings. The molecule has 0 amide bonds. The van der Waals surface area contributed by atoms with E-state index in [0.29, 0.717) is 5.75 Å². The van der Waals surface area contributed by atoms with Crippen LogP contribution in [-0.2, 0) is 6.42 Å². The van der Waals surface area contributed by atoms with Crippen molar-refractivity contribution in [3.63, 3.8) is 0 Å². The molecule has 0 aromatic heterocycles. The Hall–Kier alpha value is -0.214. The van der Waals surface area contributed by atoms with Crippen LogP contribution in [0, 0.1) is 0 Å². The zero-order chi connectivity index (χ0) is 7.40. The Morgan fingerprint density at radius 2 is 1.73 bits per heavy atom. The summed E-state index contributed by atoms with van der Waals surface area (Å²) in [5, 5.41) is 8.92. The third-order valence-corrected chi connectivity index (χ3v) is 1.48. The summed E-state index contributed by atoms with van der Waals surface area (Å²) in [5.41, 5.74) is 1.29. The first-order valence-corrected chi connectivity index (χ1v) is 3.61. The lowest BCUT2D eigenvalue weighted by Crippen LogP contribution is -1.79. The van der Waals surface area contributed by atoms with Crippen molar-refractivity contribution in [3.05, 3.63) is 29.8 Å². The van der Waals surface area contributed by atoms with Crippen LogP contribution in [-0.4, -0.2) is 28.2 Å². The monoisotopic (exact) mass is 162 g/mol. The van der Waals surface area contributed by atoms with Gasteiger partial charge in [0, 0.05) is 0 Å². The molecule has 0 aliphatic carbocycles. The fourth-order valence-electron chi connectivity index (χ4n) is 0.951. The van der Waals surface area contributed by atoms with Gasteiger partial charge in [-0.25, -0.2) is 0 Å². The van der Waals surface area contributed by atoms with E-state index in [0.717, 1.165) is 12.8 Å². The van der Waals surface area contributed by atoms with Crippen LogP contribution >= 0.6 is 0 Å². The number of benzene rings is 1. The molecule has 0 saturated heterocycles. The molecule has 0 bridgehead atoms. The Morgan fingerprint density at radius 1 is 1.18 bits per heavy atom. The largest absolute Gasteiger partial charge is 0.508 e. The number of rotatable bonds is 2. The minimum atomic E-state index is 0. The molecule has 1 N–H and O–H groups in total. The van der Waals surface area contributed by atoms with Crippen molar-refractivity contribution < 1.29 is 5.11 Å². The van der Waals surface area contributed by atoms with Crippen molar-refractivity contribution in [2.45, 2.75) is 19.8 Å². The van der Waals surface area contributed by atoms with Crippen LogP contribution in [0.4, 0.5) is 0 Å². The summed E-state index contributed by atoms with van der Waals surface area (Å²) >= 11 is 0. The molecule has 58 valence electrons. The molecule has 0 fully saturated rings. The van der Waals surface area contributed by atoms with Gasteiger partial charge in [-0.3, -0.25) is 0 Å². The Morgan fingerprint density at radius 3 is 2.18 bits per heavy atom. The summed E-state index contributed by atoms with van der Waals surface area (Å²) in [7, 11) is 0. The summed E-state index contributed by atoms with van der Waals surface area (Å²) < 4.78 is 0. The van der Waals surface area contributed by atoms with Crippen LogP contribution in [0.5, 0.6) is 5.75 Å². The molecule has 0 unspecified atom stereocenters. The van der Waals surface area contributed by atoms with E-state index in [-0.39, 0.29) is 23.1 Å². The van der Waals surface area contributed by atoms with Gasteiger partial charge in [-0.1, -0.05) is 25.5 Å². The Bertz CT molecular complexity index is 193. The van der Waals surface area contributed by atoms with Crippen molar-refractivity contribution in [1.29, 1.82) is 0 Å². The van der Waals surface area contributed by atoms with E-state index in [2.05, 4.69) is 6.92 Å². The SMILES string of the molecule is CCCc1ccc(O)cc1.[MgH2]. The van der Waals surface area contributed by atoms with Gasteiger partial charge >= 0.3 is 23.1 Å². The van der Waals surface area contributed by atoms with Gasteiger partial charge in [0.05, 0.1) is 0 Å². The summed E-state index contributed by atoms with van der Waals surface area (Å²) in [4.78, 5) is 0. The van der Waals surface area contributed by atoms with Crippen molar-refractivity contribution in [2.75, 3.05) is 0 Å². The second-order valence-corrected chi connectivity index (χ2v) is 2.42. The van der Waals surface area contributed by atoms with Crippen molar-refractivity contribution >= 4 is 23.1 Å². The zero-order valence-corrected chi connectivity index (χ0v) is 6.17. The van der Waals surface area contributed by atoms with Crippen LogP contribution in [0.3, 0.4) is 0 Å². The molecule has 0 spiro atoms. The van der Waals surface area contributed by atoms with E-state index in [1.54, 1.807) is 12.1 Å². The number of hydrogen-bond acceptors (Lipinski definition) is 1. The van der Waals surface area contributed by atoms with Gasteiger partial charge in [0.25, 0.3) is 0 Å². The molecule has 0 saturated carbocycles. The van der Waals surface area contributed by atoms with Crippen molar-refractivity contribution in [3.8, 4) is 5.75 Å². The van der Waals surface area contributed by atoms with E-state index in [1.165, 1.54) is 5.56 Å². The topological polar surface area (TPSA) is 20.2 Å². The molecule has 0 aliphatic heterocycles. The molecule has 2 heteroatoms. The molecule has 0 heterocycles. The molecule has 1 nitrogen and oxygen atoms in total. The van der Waals surface area contributed by atoms with Gasteiger partial charge in [0.1, 0.15) is 5.75 Å². The molecule has 0 atom stereocenters. The molecule has 11 heavy (non-hydrogen) atoms. The summed E-state index contributed by atoms with van der Waals surface area (Å²) in [5.74, 6) is 0.347. The van der Waals surface area contributed by atoms with E-state index >= 15 is 0 Å². The Labute approximate surface area is 83.6 Å². The van der Waals surface area contributed by atoms with Gasteiger partial charge in [0.2, 0.25) is 0 Å². The second kappa shape index (κ2) is 5.44. The number of aryl methyl sites for hydroxylation is 1. The Kier molecular flexibility index (Phi) is 5.33. The van der Waals surface area contributed by atoms with E-state index in [9.17, 15) is 0 Å². The summed E-state index contributed by atoms with van der Waals surface area (Å²) in [6.07, 6.45) is 2.26. The van der Waals surface area contributed by atoms with E-state index in [1.807, 2.05) is 12.1 Å². The molecule has 0 aliphatic rings. The first-order valence-electron chi connectivity index (χ1n) is 3.61. The highest BCUT2D eigenvalue weighted by Gasteiger charge is 1.89. The maximum Gasteiger partial charge on any atom is 0.316 e. The second-order valence-electron chi connectivity index (χ2n) is 2.42. The molecular weight excluding hydrogens is 148 g/mol. The maximum absolute atomic E-state index is 8.92. The molecule has 1 aromatic carbocycles. The van der Waals surface area contributed by atoms with Gasteiger partial charge in [-0.2, -0.15) is 0 Å². The zero-order valence-electron chi connectivity index (χ0n) is 6.17. The lowest BCUT2D eigenvalue weighted by molar-refractivity contribution is 0.475. The minimum absolute atomic E-state index is 0. The number of phenolic OH excluding ortho intramolecular Hbond substituents is 1. The fraction of sp³-hybridized carbons (Fsp3) is 0.333. The third kappa shape index (κ3) is 3.63. The number of phenols is 1. The van der Waals surface area contributed by atoms with Crippen LogP contribution in [0.2, 0.25) is 0 Å². The predicted molar refractivity (Wildman–Crippen MR) is 50.6 cm³/mol. The maximum atomic E-state index is 8.92. The van der Waals surface area contributed by atoms with Gasteiger partial charge in [-0.15, -0.1) is 0 Å². The normalized spacial score (nSPS) is 8.82. The number of hydrogen-bond donors (Lipinski definition) is 1. The van der Waals surface area contributed by atoms with Crippen LogP contribution < -0.4 is 0 Å². The molecule has 1 rings (SSSR count). The quantitative estimate of drug-likeness (QED) is 0.653. The predicted octanol–water partition coefficient (Wildman–Crippen LogP) is 1.43. The molecule has 0 radical (unpaired) electrons. The van der Waals surface area contributed by atoms with Crippen molar-refractivity contribution in [1.82, 2.24) is 0 Å². The first kappa shape index (κ1) is 10.8. The van der Waals surface area contributed by atoms with E-state index in [4.69, 9.17) is 5.11 Å². The molecular formula is C9H14MgO. The van der Waals surface area contributed by atoms with Crippen LogP contribution in [0.25, 0.3) is 0 Å². The van der Waals surface area contributed by atoms with Gasteiger partial charge in [-0.05, 0) is 24.1 Å². The lowest BCUT2D eigenvalue weighted by atomic mass is 10.1. The average molecular weight is 163 g/mol. The third-order valence-electron chi connectivity index (χ3n) is 1.48. The van der Waals surface area contributed by atoms with Crippen LogP contribution in [0.1, 0.15) is 18.9 Å². The lowest BCUT2D eigenvalue weighted by Gasteiger charge is -1.96. The van der Waals surface area contributed by atoms with Gasteiger partial charge < -0.3 is 5.11 Å². The fourth-order valence-corrected chi connectivity index (χ4v) is 0.951. The minimum Gasteiger partial charge on any atom is -0.508 e. The highest BCUT2D eigenvalue weighted by Crippen LogP contribution is 2.10. The average Bonchev–Trinajstić information content (AvgIpc) is 1.95. The Balaban J connectivity index is 0.000001000.